The van der Waals surface area contributed by atoms with Gasteiger partial charge in [0, 0.05) is 17.3 Å². The Kier molecular flexibility index (Phi) is 3.79. The normalized spacial score (nSPS) is 18.3. The van der Waals surface area contributed by atoms with Gasteiger partial charge in [-0.05, 0) is 19.8 Å². The maximum Gasteiger partial charge on any atom is 0.305 e. The first kappa shape index (κ1) is 12.8. The van der Waals surface area contributed by atoms with Crippen LogP contribution in [0.1, 0.15) is 44.2 Å². The summed E-state index contributed by atoms with van der Waals surface area (Å²) in [5, 5.41) is 12.4. The van der Waals surface area contributed by atoms with Crippen molar-refractivity contribution in [3.8, 4) is 0 Å². The van der Waals surface area contributed by atoms with Gasteiger partial charge in [0.15, 0.2) is 0 Å². The van der Waals surface area contributed by atoms with E-state index in [1.165, 1.54) is 12.7 Å². The van der Waals surface area contributed by atoms with Crippen molar-refractivity contribution in [3.05, 3.63) is 18.1 Å². The summed E-state index contributed by atoms with van der Waals surface area (Å²) in [5.74, 6) is -0.0270. The molecule has 1 aromatic heterocycles. The number of carboxylic acid groups (broad SMARTS) is 1. The fraction of sp³-hybridized carbons (Fsp3) is 0.615. The van der Waals surface area contributed by atoms with Crippen LogP contribution >= 0.6 is 0 Å². The Hall–Kier alpha value is -1.65. The second-order valence-corrected chi connectivity index (χ2v) is 5.08. The molecule has 0 bridgehead atoms. The van der Waals surface area contributed by atoms with Crippen LogP contribution < -0.4 is 5.32 Å². The van der Waals surface area contributed by atoms with E-state index in [0.29, 0.717) is 0 Å². The van der Waals surface area contributed by atoms with Gasteiger partial charge in [-0.3, -0.25) is 4.79 Å². The summed E-state index contributed by atoms with van der Waals surface area (Å²) in [6.45, 7) is 1.90. The molecule has 2 rings (SSSR count). The second-order valence-electron chi connectivity index (χ2n) is 5.08. The molecule has 1 heterocycles. The zero-order valence-electron chi connectivity index (χ0n) is 10.6. The molecule has 1 fully saturated rings. The van der Waals surface area contributed by atoms with Gasteiger partial charge in [-0.25, -0.2) is 9.97 Å². The molecule has 0 amide bonds. The Bertz CT molecular complexity index is 428. The van der Waals surface area contributed by atoms with Crippen LogP contribution in [0.15, 0.2) is 12.4 Å². The van der Waals surface area contributed by atoms with Crippen molar-refractivity contribution in [1.29, 1.82) is 0 Å². The van der Waals surface area contributed by atoms with E-state index in [-0.39, 0.29) is 12.0 Å². The zero-order chi connectivity index (χ0) is 13.0. The second kappa shape index (κ2) is 5.33. The number of carbonyl (C=O) groups is 1. The molecule has 2 N–H and O–H groups in total. The zero-order valence-corrected chi connectivity index (χ0v) is 10.6. The molecule has 18 heavy (non-hydrogen) atoms. The van der Waals surface area contributed by atoms with E-state index >= 15 is 0 Å². The van der Waals surface area contributed by atoms with Crippen LogP contribution in [0.4, 0.5) is 5.82 Å². The molecule has 0 aromatic carbocycles. The number of aromatic nitrogens is 2. The first-order valence-corrected chi connectivity index (χ1v) is 6.38. The van der Waals surface area contributed by atoms with Crippen molar-refractivity contribution >= 4 is 11.8 Å². The maximum atomic E-state index is 11.1. The minimum atomic E-state index is -0.754. The first-order valence-electron chi connectivity index (χ1n) is 6.38. The number of hydrogen-bond donors (Lipinski definition) is 2. The molecule has 0 aliphatic heterocycles. The number of carboxylic acids is 1. The lowest BCUT2D eigenvalue weighted by Gasteiger charge is -2.37. The summed E-state index contributed by atoms with van der Waals surface area (Å²) < 4.78 is 0. The minimum absolute atomic E-state index is 0.149. The molecule has 5 heteroatoms. The largest absolute Gasteiger partial charge is 0.481 e. The summed E-state index contributed by atoms with van der Waals surface area (Å²) in [5.41, 5.74) is 0.541. The number of aryl methyl sites for hydroxylation is 1. The SMILES string of the molecule is Cc1cc(NC2(CC(=O)O)CCCCC2)ncn1. The standard InChI is InChI=1S/C13H19N3O2/c1-10-7-11(15-9-14-10)16-13(8-12(17)18)5-3-2-4-6-13/h7,9H,2-6,8H2,1H3,(H,17,18)(H,14,15,16). The molecular weight excluding hydrogens is 230 g/mol. The summed E-state index contributed by atoms with van der Waals surface area (Å²) in [7, 11) is 0. The summed E-state index contributed by atoms with van der Waals surface area (Å²) in [6.07, 6.45) is 6.77. The average Bonchev–Trinajstić information content (AvgIpc) is 2.28. The van der Waals surface area contributed by atoms with Crippen LogP contribution in [-0.4, -0.2) is 26.6 Å². The highest BCUT2D eigenvalue weighted by atomic mass is 16.4. The molecule has 0 spiro atoms. The Morgan fingerprint density at radius 1 is 1.39 bits per heavy atom. The third-order valence-corrected chi connectivity index (χ3v) is 3.50. The van der Waals surface area contributed by atoms with Gasteiger partial charge in [0.2, 0.25) is 0 Å². The van der Waals surface area contributed by atoms with Crippen molar-refractivity contribution in [3.63, 3.8) is 0 Å². The van der Waals surface area contributed by atoms with Crippen molar-refractivity contribution < 1.29 is 9.90 Å². The van der Waals surface area contributed by atoms with E-state index in [4.69, 9.17) is 5.11 Å². The van der Waals surface area contributed by atoms with Crippen LogP contribution in [0.25, 0.3) is 0 Å². The fourth-order valence-electron chi connectivity index (χ4n) is 2.66. The Labute approximate surface area is 107 Å². The molecule has 0 unspecified atom stereocenters. The van der Waals surface area contributed by atoms with Crippen LogP contribution in [0.5, 0.6) is 0 Å². The third-order valence-electron chi connectivity index (χ3n) is 3.50. The average molecular weight is 249 g/mol. The van der Waals surface area contributed by atoms with Crippen molar-refractivity contribution in [2.24, 2.45) is 0 Å². The number of nitrogens with one attached hydrogen (secondary N) is 1. The van der Waals surface area contributed by atoms with Gasteiger partial charge >= 0.3 is 5.97 Å². The smallest absolute Gasteiger partial charge is 0.305 e. The Morgan fingerprint density at radius 3 is 2.72 bits per heavy atom. The molecular formula is C13H19N3O2. The lowest BCUT2D eigenvalue weighted by atomic mass is 9.79. The van der Waals surface area contributed by atoms with Gasteiger partial charge in [0.1, 0.15) is 12.1 Å². The number of hydrogen-bond acceptors (Lipinski definition) is 4. The summed E-state index contributed by atoms with van der Waals surface area (Å²) in [6, 6.07) is 1.86. The van der Waals surface area contributed by atoms with Gasteiger partial charge < -0.3 is 10.4 Å². The Morgan fingerprint density at radius 2 is 2.11 bits per heavy atom. The monoisotopic (exact) mass is 249 g/mol. The van der Waals surface area contributed by atoms with Gasteiger partial charge in [0.25, 0.3) is 0 Å². The topological polar surface area (TPSA) is 75.1 Å². The van der Waals surface area contributed by atoms with E-state index < -0.39 is 5.97 Å². The highest BCUT2D eigenvalue weighted by Crippen LogP contribution is 2.34. The van der Waals surface area contributed by atoms with E-state index in [2.05, 4.69) is 15.3 Å². The number of rotatable bonds is 4. The lowest BCUT2D eigenvalue weighted by Crippen LogP contribution is -2.42. The van der Waals surface area contributed by atoms with E-state index in [9.17, 15) is 4.79 Å². The minimum Gasteiger partial charge on any atom is -0.481 e. The number of aliphatic carboxylic acids is 1. The summed E-state index contributed by atoms with van der Waals surface area (Å²) in [4.78, 5) is 19.3. The van der Waals surface area contributed by atoms with Crippen molar-refractivity contribution in [2.45, 2.75) is 51.0 Å². The van der Waals surface area contributed by atoms with Gasteiger partial charge in [-0.1, -0.05) is 19.3 Å². The highest BCUT2D eigenvalue weighted by molar-refractivity contribution is 5.69. The third kappa shape index (κ3) is 3.18. The van der Waals surface area contributed by atoms with E-state index in [0.717, 1.165) is 37.2 Å². The molecule has 1 saturated carbocycles. The highest BCUT2D eigenvalue weighted by Gasteiger charge is 2.34. The summed E-state index contributed by atoms with van der Waals surface area (Å²) >= 11 is 0. The molecule has 1 aromatic rings. The van der Waals surface area contributed by atoms with Gasteiger partial charge in [-0.2, -0.15) is 0 Å². The lowest BCUT2D eigenvalue weighted by molar-refractivity contribution is -0.138. The molecule has 0 atom stereocenters. The van der Waals surface area contributed by atoms with Crippen molar-refractivity contribution in [1.82, 2.24) is 9.97 Å². The molecule has 1 aliphatic rings. The first-order chi connectivity index (χ1) is 8.60. The maximum absolute atomic E-state index is 11.1. The van der Waals surface area contributed by atoms with Crippen LogP contribution in [0.2, 0.25) is 0 Å². The molecule has 1 aliphatic carbocycles. The van der Waals surface area contributed by atoms with Crippen LogP contribution in [0, 0.1) is 6.92 Å². The van der Waals surface area contributed by atoms with E-state index in [1.54, 1.807) is 0 Å². The number of nitrogens with zero attached hydrogens (tertiary/aromatic N) is 2. The molecule has 0 radical (unpaired) electrons. The number of anilines is 1. The van der Waals surface area contributed by atoms with Crippen LogP contribution in [0.3, 0.4) is 0 Å². The fourth-order valence-corrected chi connectivity index (χ4v) is 2.66. The predicted octanol–water partition coefficient (Wildman–Crippen LogP) is 2.37. The quantitative estimate of drug-likeness (QED) is 0.856. The Balaban J connectivity index is 2.16. The van der Waals surface area contributed by atoms with Crippen LogP contribution in [-0.2, 0) is 4.79 Å². The predicted molar refractivity (Wildman–Crippen MR) is 68.5 cm³/mol. The molecule has 5 nitrogen and oxygen atoms in total. The molecule has 98 valence electrons. The van der Waals surface area contributed by atoms with Gasteiger partial charge in [0.05, 0.1) is 6.42 Å². The van der Waals surface area contributed by atoms with E-state index in [1.807, 2.05) is 13.0 Å². The molecule has 0 saturated heterocycles. The van der Waals surface area contributed by atoms with Gasteiger partial charge in [-0.15, -0.1) is 0 Å². The van der Waals surface area contributed by atoms with Crippen molar-refractivity contribution in [2.75, 3.05) is 5.32 Å².